The van der Waals surface area contributed by atoms with Crippen LogP contribution in [-0.4, -0.2) is 25.1 Å². The van der Waals surface area contributed by atoms with Crippen molar-refractivity contribution in [2.24, 2.45) is 0 Å². The molecule has 5 nitrogen and oxygen atoms in total. The number of carbonyl (C=O) groups excluding carboxylic acids is 1. The van der Waals surface area contributed by atoms with Crippen molar-refractivity contribution in [3.8, 4) is 0 Å². The minimum absolute atomic E-state index is 0.0970. The molecule has 0 aliphatic carbocycles. The van der Waals surface area contributed by atoms with Crippen molar-refractivity contribution < 1.29 is 13.2 Å². The maximum Gasteiger partial charge on any atom is 0.226 e. The first kappa shape index (κ1) is 19.8. The van der Waals surface area contributed by atoms with Crippen LogP contribution in [-0.2, 0) is 14.6 Å². The summed E-state index contributed by atoms with van der Waals surface area (Å²) in [6.07, 6.45) is 0.348. The van der Waals surface area contributed by atoms with E-state index >= 15 is 0 Å². The number of amides is 1. The second-order valence-corrected chi connectivity index (χ2v) is 9.87. The van der Waals surface area contributed by atoms with Gasteiger partial charge in [-0.2, -0.15) is 0 Å². The summed E-state index contributed by atoms with van der Waals surface area (Å²) >= 11 is 7.19. The molecule has 0 atom stereocenters. The molecule has 0 radical (unpaired) electrons. The number of aromatic nitrogens is 1. The quantitative estimate of drug-likeness (QED) is 0.621. The fourth-order valence-electron chi connectivity index (χ4n) is 2.64. The topological polar surface area (TPSA) is 76.1 Å². The van der Waals surface area contributed by atoms with Crippen molar-refractivity contribution in [1.29, 1.82) is 0 Å². The molecular formula is C19H19ClN2O3S2. The Labute approximate surface area is 167 Å². The minimum Gasteiger partial charge on any atom is -0.302 e. The highest BCUT2D eigenvalue weighted by atomic mass is 35.5. The molecule has 142 valence electrons. The zero-order valence-corrected chi connectivity index (χ0v) is 17.3. The molecule has 0 saturated heterocycles. The predicted molar refractivity (Wildman–Crippen MR) is 110 cm³/mol. The lowest BCUT2D eigenvalue weighted by Gasteiger charge is -2.05. The number of aryl methyl sites for hydroxylation is 2. The van der Waals surface area contributed by atoms with Gasteiger partial charge in [-0.15, -0.1) is 0 Å². The van der Waals surface area contributed by atoms with Crippen LogP contribution in [0.2, 0.25) is 5.02 Å². The number of hydrogen-bond acceptors (Lipinski definition) is 5. The van der Waals surface area contributed by atoms with Gasteiger partial charge in [0.2, 0.25) is 5.91 Å². The highest BCUT2D eigenvalue weighted by Gasteiger charge is 2.16. The Bertz CT molecular complexity index is 1090. The van der Waals surface area contributed by atoms with Crippen molar-refractivity contribution in [3.05, 3.63) is 52.5 Å². The molecule has 0 spiro atoms. The molecule has 3 rings (SSSR count). The number of hydrogen-bond donors (Lipinski definition) is 1. The molecule has 27 heavy (non-hydrogen) atoms. The maximum atomic E-state index is 12.3. The Balaban J connectivity index is 1.58. The van der Waals surface area contributed by atoms with Crippen molar-refractivity contribution in [3.63, 3.8) is 0 Å². The van der Waals surface area contributed by atoms with Gasteiger partial charge in [0.05, 0.1) is 20.9 Å². The molecular weight excluding hydrogens is 404 g/mol. The number of sulfone groups is 1. The second kappa shape index (κ2) is 7.96. The third kappa shape index (κ3) is 4.66. The summed E-state index contributed by atoms with van der Waals surface area (Å²) in [7, 11) is -3.43. The lowest BCUT2D eigenvalue weighted by atomic mass is 10.1. The van der Waals surface area contributed by atoms with Gasteiger partial charge < -0.3 is 5.32 Å². The molecule has 2 aromatic carbocycles. The van der Waals surface area contributed by atoms with Crippen LogP contribution in [0.15, 0.2) is 41.3 Å². The van der Waals surface area contributed by atoms with Crippen molar-refractivity contribution in [1.82, 2.24) is 4.98 Å². The number of halogens is 1. The fourth-order valence-corrected chi connectivity index (χ4v) is 5.02. The van der Waals surface area contributed by atoms with Crippen molar-refractivity contribution >= 4 is 54.0 Å². The Kier molecular flexibility index (Phi) is 5.83. The van der Waals surface area contributed by atoms with Crippen LogP contribution in [0.5, 0.6) is 0 Å². The number of carbonyl (C=O) groups is 1. The zero-order valence-electron chi connectivity index (χ0n) is 15.0. The average molecular weight is 423 g/mol. The van der Waals surface area contributed by atoms with Gasteiger partial charge in [0, 0.05) is 11.4 Å². The van der Waals surface area contributed by atoms with Crippen LogP contribution in [0, 0.1) is 13.8 Å². The molecule has 0 bridgehead atoms. The monoisotopic (exact) mass is 422 g/mol. The van der Waals surface area contributed by atoms with E-state index in [9.17, 15) is 13.2 Å². The Hall–Kier alpha value is -1.96. The van der Waals surface area contributed by atoms with Crippen LogP contribution in [0.25, 0.3) is 10.2 Å². The van der Waals surface area contributed by atoms with Crippen LogP contribution in [0.1, 0.15) is 24.0 Å². The molecule has 1 heterocycles. The van der Waals surface area contributed by atoms with E-state index < -0.39 is 9.84 Å². The van der Waals surface area contributed by atoms with Crippen LogP contribution >= 0.6 is 22.9 Å². The number of thiazole rings is 1. The molecule has 0 saturated carbocycles. The molecule has 1 aromatic heterocycles. The summed E-state index contributed by atoms with van der Waals surface area (Å²) in [5.41, 5.74) is 3.14. The molecule has 1 amide bonds. The van der Waals surface area contributed by atoms with Gasteiger partial charge in [0.15, 0.2) is 15.0 Å². The number of rotatable bonds is 6. The Morgan fingerprint density at radius 2 is 1.85 bits per heavy atom. The summed E-state index contributed by atoms with van der Waals surface area (Å²) in [6.45, 7) is 4.03. The first-order chi connectivity index (χ1) is 12.8. The molecule has 8 heteroatoms. The molecule has 0 aliphatic rings. The van der Waals surface area contributed by atoms with E-state index in [1.165, 1.54) is 35.6 Å². The lowest BCUT2D eigenvalue weighted by molar-refractivity contribution is -0.116. The summed E-state index contributed by atoms with van der Waals surface area (Å²) in [5, 5.41) is 3.78. The normalized spacial score (nSPS) is 11.7. The predicted octanol–water partition coefficient (Wildman–Crippen LogP) is 4.76. The first-order valence-electron chi connectivity index (χ1n) is 8.41. The Morgan fingerprint density at radius 1 is 1.15 bits per heavy atom. The molecule has 0 unspecified atom stereocenters. The molecule has 3 aromatic rings. The molecule has 1 N–H and O–H groups in total. The van der Waals surface area contributed by atoms with E-state index in [4.69, 9.17) is 11.6 Å². The van der Waals surface area contributed by atoms with Crippen LogP contribution in [0.4, 0.5) is 5.13 Å². The highest BCUT2D eigenvalue weighted by Crippen LogP contribution is 2.29. The first-order valence-corrected chi connectivity index (χ1v) is 11.3. The number of anilines is 1. The summed E-state index contributed by atoms with van der Waals surface area (Å²) in [6, 6.07) is 10.1. The fraction of sp³-hybridized carbons (Fsp3) is 0.263. The van der Waals surface area contributed by atoms with E-state index in [0.29, 0.717) is 10.2 Å². The molecule has 0 fully saturated rings. The van der Waals surface area contributed by atoms with Gasteiger partial charge in [0.25, 0.3) is 0 Å². The number of fused-ring (bicyclic) bond motifs is 1. The molecule has 0 aliphatic heterocycles. The minimum atomic E-state index is -3.43. The smallest absolute Gasteiger partial charge is 0.226 e. The van der Waals surface area contributed by atoms with E-state index in [2.05, 4.69) is 10.3 Å². The SMILES string of the molecule is Cc1ccc2sc(NC(=O)CCCS(=O)(=O)c3ccc(Cl)cc3)nc2c1C. The second-order valence-electron chi connectivity index (χ2n) is 6.30. The maximum absolute atomic E-state index is 12.3. The lowest BCUT2D eigenvalue weighted by Crippen LogP contribution is -2.14. The largest absolute Gasteiger partial charge is 0.302 e. The van der Waals surface area contributed by atoms with Crippen LogP contribution < -0.4 is 5.32 Å². The zero-order chi connectivity index (χ0) is 19.6. The Morgan fingerprint density at radius 3 is 2.56 bits per heavy atom. The average Bonchev–Trinajstić information content (AvgIpc) is 3.01. The van der Waals surface area contributed by atoms with Crippen molar-refractivity contribution in [2.45, 2.75) is 31.6 Å². The van der Waals surface area contributed by atoms with Crippen molar-refractivity contribution in [2.75, 3.05) is 11.1 Å². The van der Waals surface area contributed by atoms with Gasteiger partial charge in [-0.25, -0.2) is 13.4 Å². The van der Waals surface area contributed by atoms with Gasteiger partial charge >= 0.3 is 0 Å². The highest BCUT2D eigenvalue weighted by molar-refractivity contribution is 7.91. The van der Waals surface area contributed by atoms with Gasteiger partial charge in [-0.05, 0) is 61.7 Å². The number of nitrogens with one attached hydrogen (secondary N) is 1. The van der Waals surface area contributed by atoms with Gasteiger partial charge in [0.1, 0.15) is 0 Å². The summed E-state index contributed by atoms with van der Waals surface area (Å²) < 4.78 is 25.6. The van der Waals surface area contributed by atoms with Gasteiger partial charge in [-0.1, -0.05) is 29.0 Å². The van der Waals surface area contributed by atoms with E-state index in [0.717, 1.165) is 21.3 Å². The third-order valence-electron chi connectivity index (χ3n) is 4.32. The summed E-state index contributed by atoms with van der Waals surface area (Å²) in [5.74, 6) is -0.338. The number of benzene rings is 2. The number of nitrogens with zero attached hydrogens (tertiary/aromatic N) is 1. The third-order valence-corrected chi connectivity index (χ3v) is 7.33. The van der Waals surface area contributed by atoms with E-state index in [1.807, 2.05) is 26.0 Å². The summed E-state index contributed by atoms with van der Waals surface area (Å²) in [4.78, 5) is 16.8. The van der Waals surface area contributed by atoms with Gasteiger partial charge in [-0.3, -0.25) is 4.79 Å². The standard InChI is InChI=1S/C19H19ClN2O3S2/c1-12-5-10-16-18(13(12)2)22-19(26-16)21-17(23)4-3-11-27(24,25)15-8-6-14(20)7-9-15/h5-10H,3-4,11H2,1-2H3,(H,21,22,23). The van der Waals surface area contributed by atoms with E-state index in [1.54, 1.807) is 0 Å². The van der Waals surface area contributed by atoms with Crippen LogP contribution in [0.3, 0.4) is 0 Å². The van der Waals surface area contributed by atoms with E-state index in [-0.39, 0.29) is 29.4 Å².